The number of carbonyl (C=O) groups excluding carboxylic acids is 1. The Hall–Kier alpha value is -2.80. The van der Waals surface area contributed by atoms with Gasteiger partial charge in [0.25, 0.3) is 0 Å². The number of nitrogens with zero attached hydrogens (tertiary/aromatic N) is 3. The van der Waals surface area contributed by atoms with Crippen LogP contribution in [0.2, 0.25) is 0 Å². The van der Waals surface area contributed by atoms with E-state index in [2.05, 4.69) is 44.6 Å². The van der Waals surface area contributed by atoms with Crippen molar-refractivity contribution in [1.82, 2.24) is 15.5 Å². The van der Waals surface area contributed by atoms with Crippen molar-refractivity contribution in [3.8, 4) is 0 Å². The summed E-state index contributed by atoms with van der Waals surface area (Å²) in [6, 6.07) is 16.6. The number of nitrogens with one attached hydrogen (secondary N) is 1. The third-order valence-corrected chi connectivity index (χ3v) is 6.09. The van der Waals surface area contributed by atoms with Gasteiger partial charge in [0.2, 0.25) is 11.8 Å². The maximum absolute atomic E-state index is 12.4. The third kappa shape index (κ3) is 3.49. The number of carbonyl (C=O) groups is 1. The molecule has 142 valence electrons. The number of aromatic nitrogens is 2. The molecule has 1 aliphatic carbocycles. The third-order valence-electron chi connectivity index (χ3n) is 4.96. The summed E-state index contributed by atoms with van der Waals surface area (Å²) in [5, 5.41) is 6.87. The van der Waals surface area contributed by atoms with Crippen molar-refractivity contribution in [3.63, 3.8) is 0 Å². The first-order chi connectivity index (χ1) is 13.8. The van der Waals surface area contributed by atoms with Gasteiger partial charge in [0, 0.05) is 28.7 Å². The normalized spacial score (nSPS) is 15.1. The van der Waals surface area contributed by atoms with Gasteiger partial charge in [0.1, 0.15) is 0 Å². The number of para-hydroxylation sites is 2. The van der Waals surface area contributed by atoms with Gasteiger partial charge in [0.15, 0.2) is 5.82 Å². The lowest BCUT2D eigenvalue weighted by molar-refractivity contribution is -0.121. The summed E-state index contributed by atoms with van der Waals surface area (Å²) in [5.74, 6) is 1.66. The van der Waals surface area contributed by atoms with Crippen LogP contribution in [0.3, 0.4) is 0 Å². The first-order valence-electron chi connectivity index (χ1n) is 9.50. The largest absolute Gasteiger partial charge is 0.347 e. The lowest BCUT2D eigenvalue weighted by Crippen LogP contribution is -2.29. The van der Waals surface area contributed by atoms with E-state index >= 15 is 0 Å². The van der Waals surface area contributed by atoms with Crippen LogP contribution in [-0.2, 0) is 11.3 Å². The molecule has 1 saturated carbocycles. The smallest absolute Gasteiger partial charge is 0.246 e. The summed E-state index contributed by atoms with van der Waals surface area (Å²) < 4.78 is 5.21. The van der Waals surface area contributed by atoms with Crippen LogP contribution in [0.25, 0.3) is 0 Å². The second kappa shape index (κ2) is 7.31. The molecule has 1 N–H and O–H groups in total. The van der Waals surface area contributed by atoms with Crippen molar-refractivity contribution in [2.75, 3.05) is 11.4 Å². The molecule has 0 spiro atoms. The molecule has 0 saturated heterocycles. The van der Waals surface area contributed by atoms with E-state index in [0.717, 1.165) is 30.0 Å². The summed E-state index contributed by atoms with van der Waals surface area (Å²) in [6.45, 7) is 0.888. The van der Waals surface area contributed by atoms with Gasteiger partial charge in [-0.1, -0.05) is 41.2 Å². The molecule has 3 aromatic rings. The first-order valence-corrected chi connectivity index (χ1v) is 10.3. The molecule has 7 heteroatoms. The number of anilines is 2. The molecule has 1 aliphatic heterocycles. The zero-order valence-corrected chi connectivity index (χ0v) is 16.1. The molecular formula is C21H20N4O2S. The lowest BCUT2D eigenvalue weighted by Gasteiger charge is -2.32. The molecule has 5 rings (SSSR count). The maximum atomic E-state index is 12.4. The zero-order chi connectivity index (χ0) is 18.9. The van der Waals surface area contributed by atoms with Gasteiger partial charge < -0.3 is 14.7 Å². The Balaban J connectivity index is 1.24. The maximum Gasteiger partial charge on any atom is 0.246 e. The molecule has 2 aromatic carbocycles. The quantitative estimate of drug-likeness (QED) is 0.676. The van der Waals surface area contributed by atoms with Crippen LogP contribution in [0.1, 0.15) is 36.9 Å². The Kier molecular flexibility index (Phi) is 4.52. The Bertz CT molecular complexity index is 969. The number of amides is 1. The summed E-state index contributed by atoms with van der Waals surface area (Å²) in [7, 11) is 0. The van der Waals surface area contributed by atoms with Crippen LogP contribution < -0.4 is 10.2 Å². The minimum atomic E-state index is -0.0284. The number of benzene rings is 2. The molecule has 6 nitrogen and oxygen atoms in total. The van der Waals surface area contributed by atoms with E-state index in [-0.39, 0.29) is 12.5 Å². The standard InChI is InChI=1S/C21H20N4O2S/c26-19(22-13-20-23-21(24-27-20)14-9-10-14)11-12-25-15-5-1-3-7-17(15)28-18-8-4-2-6-16(18)25/h1-8,14H,9-13H2,(H,22,26). The molecule has 1 amide bonds. The molecule has 1 aromatic heterocycles. The molecule has 0 atom stereocenters. The van der Waals surface area contributed by atoms with Crippen LogP contribution in [0.5, 0.6) is 0 Å². The Morgan fingerprint density at radius 3 is 2.46 bits per heavy atom. The number of hydrogen-bond donors (Lipinski definition) is 1. The minimum Gasteiger partial charge on any atom is -0.347 e. The van der Waals surface area contributed by atoms with Crippen molar-refractivity contribution in [2.24, 2.45) is 0 Å². The minimum absolute atomic E-state index is 0.0284. The van der Waals surface area contributed by atoms with Crippen LogP contribution in [0.15, 0.2) is 62.8 Å². The van der Waals surface area contributed by atoms with E-state index in [4.69, 9.17) is 4.52 Å². The van der Waals surface area contributed by atoms with E-state index in [1.165, 1.54) is 9.79 Å². The summed E-state index contributed by atoms with van der Waals surface area (Å²) in [6.07, 6.45) is 2.64. The van der Waals surface area contributed by atoms with Crippen LogP contribution in [-0.4, -0.2) is 22.6 Å². The first kappa shape index (κ1) is 17.3. The summed E-state index contributed by atoms with van der Waals surface area (Å²) in [5.41, 5.74) is 2.29. The van der Waals surface area contributed by atoms with Crippen molar-refractivity contribution in [3.05, 3.63) is 60.2 Å². The second-order valence-corrected chi connectivity index (χ2v) is 8.12. The van der Waals surface area contributed by atoms with E-state index in [1.807, 2.05) is 24.3 Å². The van der Waals surface area contributed by atoms with Crippen LogP contribution >= 0.6 is 11.8 Å². The predicted octanol–water partition coefficient (Wildman–Crippen LogP) is 4.26. The molecule has 1 fully saturated rings. The number of fused-ring (bicyclic) bond motifs is 2. The van der Waals surface area contributed by atoms with Crippen molar-refractivity contribution >= 4 is 29.0 Å². The Morgan fingerprint density at radius 2 is 1.79 bits per heavy atom. The molecular weight excluding hydrogens is 372 g/mol. The second-order valence-electron chi connectivity index (χ2n) is 7.04. The Labute approximate surface area is 167 Å². The van der Waals surface area contributed by atoms with E-state index in [1.54, 1.807) is 11.8 Å². The fourth-order valence-electron chi connectivity index (χ4n) is 3.35. The molecule has 0 unspecified atom stereocenters. The van der Waals surface area contributed by atoms with Crippen molar-refractivity contribution in [1.29, 1.82) is 0 Å². The molecule has 0 radical (unpaired) electrons. The van der Waals surface area contributed by atoms with Crippen molar-refractivity contribution < 1.29 is 9.32 Å². The monoisotopic (exact) mass is 392 g/mol. The topological polar surface area (TPSA) is 71.3 Å². The van der Waals surface area contributed by atoms with Gasteiger partial charge in [-0.15, -0.1) is 0 Å². The highest BCUT2D eigenvalue weighted by atomic mass is 32.2. The Morgan fingerprint density at radius 1 is 1.11 bits per heavy atom. The van der Waals surface area contributed by atoms with Crippen molar-refractivity contribution in [2.45, 2.75) is 41.5 Å². The predicted molar refractivity (Wildman–Crippen MR) is 107 cm³/mol. The molecule has 28 heavy (non-hydrogen) atoms. The lowest BCUT2D eigenvalue weighted by atomic mass is 10.2. The van der Waals surface area contributed by atoms with Crippen LogP contribution in [0, 0.1) is 0 Å². The SMILES string of the molecule is O=C(CCN1c2ccccc2Sc2ccccc21)NCc1nc(C2CC2)no1. The summed E-state index contributed by atoms with van der Waals surface area (Å²) in [4.78, 5) is 21.4. The fraction of sp³-hybridized carbons (Fsp3) is 0.286. The van der Waals surface area contributed by atoms with Gasteiger partial charge in [-0.25, -0.2) is 0 Å². The molecule has 2 heterocycles. The highest BCUT2D eigenvalue weighted by Crippen LogP contribution is 2.47. The highest BCUT2D eigenvalue weighted by Gasteiger charge is 2.29. The average Bonchev–Trinajstić information content (AvgIpc) is 3.47. The fourth-order valence-corrected chi connectivity index (χ4v) is 4.44. The highest BCUT2D eigenvalue weighted by molar-refractivity contribution is 7.99. The molecule has 2 aliphatic rings. The van der Waals surface area contributed by atoms with Crippen LogP contribution in [0.4, 0.5) is 11.4 Å². The van der Waals surface area contributed by atoms with Gasteiger partial charge in [-0.2, -0.15) is 4.98 Å². The van der Waals surface area contributed by atoms with Gasteiger partial charge in [-0.3, -0.25) is 4.79 Å². The number of hydrogen-bond acceptors (Lipinski definition) is 6. The van der Waals surface area contributed by atoms with Gasteiger partial charge in [0.05, 0.1) is 17.9 Å². The number of rotatable bonds is 6. The van der Waals surface area contributed by atoms with E-state index in [9.17, 15) is 4.79 Å². The average molecular weight is 392 g/mol. The summed E-state index contributed by atoms with van der Waals surface area (Å²) >= 11 is 1.77. The zero-order valence-electron chi connectivity index (χ0n) is 15.3. The van der Waals surface area contributed by atoms with E-state index in [0.29, 0.717) is 24.8 Å². The van der Waals surface area contributed by atoms with E-state index < -0.39 is 0 Å². The van der Waals surface area contributed by atoms with Gasteiger partial charge >= 0.3 is 0 Å². The molecule has 0 bridgehead atoms. The van der Waals surface area contributed by atoms with Gasteiger partial charge in [-0.05, 0) is 37.1 Å².